The van der Waals surface area contributed by atoms with Crippen molar-refractivity contribution in [3.63, 3.8) is 0 Å². The maximum atomic E-state index is 3.78. The molecule has 1 aromatic rings. The topological polar surface area (TPSA) is 15.3 Å². The number of thioether (sulfide) groups is 1. The second kappa shape index (κ2) is 7.66. The summed E-state index contributed by atoms with van der Waals surface area (Å²) in [6.45, 7) is 6.00. The Kier molecular flexibility index (Phi) is 5.61. The number of rotatable bonds is 5. The molecule has 3 unspecified atom stereocenters. The Morgan fingerprint density at radius 2 is 2.14 bits per heavy atom. The molecule has 2 aliphatic rings. The first-order valence-electron chi connectivity index (χ1n) is 8.48. The average molecular weight is 305 g/mol. The van der Waals surface area contributed by atoms with Gasteiger partial charge in [-0.15, -0.1) is 0 Å². The standard InChI is InChI=1S/C18H28N2S/c1-2-17-12-19-16(11-15-7-4-3-5-8-15)13-20(17)14-18-9-6-10-21-18/h3-5,7-8,16-19H,2,6,9-14H2,1H3. The monoisotopic (exact) mass is 304 g/mol. The maximum Gasteiger partial charge on any atom is 0.0236 e. The predicted octanol–water partition coefficient (Wildman–Crippen LogP) is 3.18. The van der Waals surface area contributed by atoms with Crippen molar-refractivity contribution < 1.29 is 0 Å². The summed E-state index contributed by atoms with van der Waals surface area (Å²) in [5, 5.41) is 4.66. The van der Waals surface area contributed by atoms with Crippen molar-refractivity contribution in [2.24, 2.45) is 0 Å². The highest BCUT2D eigenvalue weighted by molar-refractivity contribution is 8.00. The zero-order valence-electron chi connectivity index (χ0n) is 13.1. The van der Waals surface area contributed by atoms with E-state index >= 15 is 0 Å². The van der Waals surface area contributed by atoms with E-state index in [4.69, 9.17) is 0 Å². The minimum atomic E-state index is 0.613. The molecule has 3 rings (SSSR count). The third-order valence-electron chi connectivity index (χ3n) is 4.87. The molecule has 2 heterocycles. The summed E-state index contributed by atoms with van der Waals surface area (Å²) in [5.41, 5.74) is 1.46. The molecule has 1 aromatic carbocycles. The van der Waals surface area contributed by atoms with Crippen LogP contribution in [0.25, 0.3) is 0 Å². The summed E-state index contributed by atoms with van der Waals surface area (Å²) in [7, 11) is 0. The number of nitrogens with zero attached hydrogens (tertiary/aromatic N) is 1. The Balaban J connectivity index is 1.57. The van der Waals surface area contributed by atoms with Crippen molar-refractivity contribution >= 4 is 11.8 Å². The van der Waals surface area contributed by atoms with E-state index in [0.717, 1.165) is 24.3 Å². The number of benzene rings is 1. The molecule has 0 saturated carbocycles. The highest BCUT2D eigenvalue weighted by Crippen LogP contribution is 2.28. The molecule has 0 aliphatic carbocycles. The van der Waals surface area contributed by atoms with Crippen molar-refractivity contribution in [3.8, 4) is 0 Å². The van der Waals surface area contributed by atoms with Gasteiger partial charge in [-0.1, -0.05) is 37.3 Å². The van der Waals surface area contributed by atoms with Crippen LogP contribution < -0.4 is 5.32 Å². The van der Waals surface area contributed by atoms with Gasteiger partial charge in [-0.3, -0.25) is 4.90 Å². The predicted molar refractivity (Wildman–Crippen MR) is 93.1 cm³/mol. The molecule has 0 radical (unpaired) electrons. The van der Waals surface area contributed by atoms with Gasteiger partial charge in [0.1, 0.15) is 0 Å². The smallest absolute Gasteiger partial charge is 0.0236 e. The van der Waals surface area contributed by atoms with E-state index in [9.17, 15) is 0 Å². The van der Waals surface area contributed by atoms with Crippen molar-refractivity contribution in [1.29, 1.82) is 0 Å². The quantitative estimate of drug-likeness (QED) is 0.899. The van der Waals surface area contributed by atoms with Gasteiger partial charge in [-0.2, -0.15) is 11.8 Å². The van der Waals surface area contributed by atoms with Crippen LogP contribution in [-0.4, -0.2) is 47.6 Å². The van der Waals surface area contributed by atoms with E-state index in [0.29, 0.717) is 6.04 Å². The van der Waals surface area contributed by atoms with Crippen LogP contribution in [0.1, 0.15) is 31.7 Å². The summed E-state index contributed by atoms with van der Waals surface area (Å²) in [6.07, 6.45) is 5.27. The van der Waals surface area contributed by atoms with Crippen LogP contribution in [0.15, 0.2) is 30.3 Å². The van der Waals surface area contributed by atoms with Gasteiger partial charge in [0.25, 0.3) is 0 Å². The van der Waals surface area contributed by atoms with Gasteiger partial charge >= 0.3 is 0 Å². The second-order valence-electron chi connectivity index (χ2n) is 6.45. The zero-order valence-corrected chi connectivity index (χ0v) is 13.9. The van der Waals surface area contributed by atoms with Crippen LogP contribution in [-0.2, 0) is 6.42 Å². The highest BCUT2D eigenvalue weighted by atomic mass is 32.2. The molecule has 3 heteroatoms. The maximum absolute atomic E-state index is 3.78. The van der Waals surface area contributed by atoms with Crippen LogP contribution >= 0.6 is 11.8 Å². The summed E-state index contributed by atoms with van der Waals surface area (Å²) in [4.78, 5) is 2.77. The molecule has 0 amide bonds. The molecule has 1 N–H and O–H groups in total. The van der Waals surface area contributed by atoms with Crippen molar-refractivity contribution in [2.45, 2.75) is 49.9 Å². The zero-order chi connectivity index (χ0) is 14.5. The lowest BCUT2D eigenvalue weighted by Gasteiger charge is -2.41. The first-order chi connectivity index (χ1) is 10.3. The lowest BCUT2D eigenvalue weighted by Crippen LogP contribution is -2.58. The molecule has 2 aliphatic heterocycles. The number of piperazine rings is 1. The Morgan fingerprint density at radius 1 is 1.29 bits per heavy atom. The van der Waals surface area contributed by atoms with Gasteiger partial charge in [0.05, 0.1) is 0 Å². The van der Waals surface area contributed by atoms with Crippen LogP contribution in [0.2, 0.25) is 0 Å². The number of hydrogen-bond donors (Lipinski definition) is 1. The third kappa shape index (κ3) is 4.24. The molecule has 0 bridgehead atoms. The van der Waals surface area contributed by atoms with E-state index in [2.05, 4.69) is 59.2 Å². The largest absolute Gasteiger partial charge is 0.311 e. The average Bonchev–Trinajstić information content (AvgIpc) is 3.02. The Hall–Kier alpha value is -0.510. The highest BCUT2D eigenvalue weighted by Gasteiger charge is 2.29. The fourth-order valence-electron chi connectivity index (χ4n) is 3.64. The Labute approximate surface area is 133 Å². The fraction of sp³-hybridized carbons (Fsp3) is 0.667. The van der Waals surface area contributed by atoms with Gasteiger partial charge in [0.2, 0.25) is 0 Å². The molecule has 2 nitrogen and oxygen atoms in total. The number of nitrogens with one attached hydrogen (secondary N) is 1. The van der Waals surface area contributed by atoms with Crippen LogP contribution in [0.5, 0.6) is 0 Å². The van der Waals surface area contributed by atoms with E-state index in [1.165, 1.54) is 43.7 Å². The normalized spacial score (nSPS) is 30.6. The van der Waals surface area contributed by atoms with Crippen LogP contribution in [0.4, 0.5) is 0 Å². The minimum absolute atomic E-state index is 0.613. The van der Waals surface area contributed by atoms with Crippen molar-refractivity contribution in [1.82, 2.24) is 10.2 Å². The Morgan fingerprint density at radius 3 is 2.86 bits per heavy atom. The summed E-state index contributed by atoms with van der Waals surface area (Å²) in [6, 6.07) is 12.3. The first-order valence-corrected chi connectivity index (χ1v) is 9.53. The molecular formula is C18H28N2S. The summed E-state index contributed by atoms with van der Waals surface area (Å²) >= 11 is 2.19. The molecule has 3 atom stereocenters. The lowest BCUT2D eigenvalue weighted by atomic mass is 10.00. The molecule has 21 heavy (non-hydrogen) atoms. The van der Waals surface area contributed by atoms with Gasteiger partial charge in [0.15, 0.2) is 0 Å². The second-order valence-corrected chi connectivity index (χ2v) is 7.85. The van der Waals surface area contributed by atoms with E-state index in [-0.39, 0.29) is 0 Å². The Bertz CT molecular complexity index is 416. The van der Waals surface area contributed by atoms with Gasteiger partial charge < -0.3 is 5.32 Å². The molecule has 2 fully saturated rings. The third-order valence-corrected chi connectivity index (χ3v) is 6.25. The minimum Gasteiger partial charge on any atom is -0.311 e. The van der Waals surface area contributed by atoms with E-state index < -0.39 is 0 Å². The molecular weight excluding hydrogens is 276 g/mol. The van der Waals surface area contributed by atoms with Crippen molar-refractivity contribution in [2.75, 3.05) is 25.4 Å². The SMILES string of the molecule is CCC1CNC(Cc2ccccc2)CN1CC1CCCS1. The lowest BCUT2D eigenvalue weighted by molar-refractivity contribution is 0.126. The van der Waals surface area contributed by atoms with Gasteiger partial charge in [0, 0.05) is 37.0 Å². The molecule has 116 valence electrons. The van der Waals surface area contributed by atoms with Gasteiger partial charge in [-0.25, -0.2) is 0 Å². The summed E-state index contributed by atoms with van der Waals surface area (Å²) in [5.74, 6) is 1.38. The molecule has 0 aromatic heterocycles. The number of hydrogen-bond acceptors (Lipinski definition) is 3. The van der Waals surface area contributed by atoms with E-state index in [1.807, 2.05) is 0 Å². The first kappa shape index (κ1) is 15.4. The summed E-state index contributed by atoms with van der Waals surface area (Å²) < 4.78 is 0. The fourth-order valence-corrected chi connectivity index (χ4v) is 4.94. The van der Waals surface area contributed by atoms with Crippen molar-refractivity contribution in [3.05, 3.63) is 35.9 Å². The van der Waals surface area contributed by atoms with Crippen LogP contribution in [0, 0.1) is 0 Å². The van der Waals surface area contributed by atoms with Crippen LogP contribution in [0.3, 0.4) is 0 Å². The molecule has 0 spiro atoms. The van der Waals surface area contributed by atoms with E-state index in [1.54, 1.807) is 0 Å². The van der Waals surface area contributed by atoms with Gasteiger partial charge in [-0.05, 0) is 37.0 Å². The molecule has 2 saturated heterocycles.